The van der Waals surface area contributed by atoms with Gasteiger partial charge in [-0.2, -0.15) is 0 Å². The molecule has 0 saturated heterocycles. The molecule has 0 saturated carbocycles. The van der Waals surface area contributed by atoms with Gasteiger partial charge < -0.3 is 11.1 Å². The van der Waals surface area contributed by atoms with Crippen LogP contribution in [-0.2, 0) is 9.84 Å². The van der Waals surface area contributed by atoms with Crippen LogP contribution in [0, 0.1) is 5.92 Å². The molecule has 120 valence electrons. The molecule has 0 aliphatic heterocycles. The minimum Gasteiger partial charge on any atom is -0.396 e. The van der Waals surface area contributed by atoms with Crippen molar-refractivity contribution in [2.24, 2.45) is 5.92 Å². The number of thiophene rings is 1. The van der Waals surface area contributed by atoms with E-state index in [9.17, 15) is 13.2 Å². The molecule has 3 N–H and O–H groups in total. The summed E-state index contributed by atoms with van der Waals surface area (Å²) in [6, 6.07) is 0. The molecule has 0 bridgehead atoms. The van der Waals surface area contributed by atoms with Crippen molar-refractivity contribution in [2.75, 3.05) is 35.4 Å². The Labute approximate surface area is 134 Å². The van der Waals surface area contributed by atoms with E-state index in [1.165, 1.54) is 23.1 Å². The van der Waals surface area contributed by atoms with E-state index < -0.39 is 9.84 Å². The molecule has 0 spiro atoms. The SMILES string of the molecule is CCS(=O)(=O)CCNc1sc(C(=O)C(C)C)c(N)c1SC. The summed E-state index contributed by atoms with van der Waals surface area (Å²) >= 11 is 2.76. The minimum atomic E-state index is -3.01. The lowest BCUT2D eigenvalue weighted by atomic mass is 10.1. The number of thioether (sulfide) groups is 1. The zero-order chi connectivity index (χ0) is 16.2. The molecule has 1 rings (SSSR count). The summed E-state index contributed by atoms with van der Waals surface area (Å²) in [6.45, 7) is 5.62. The zero-order valence-electron chi connectivity index (χ0n) is 12.7. The second kappa shape index (κ2) is 7.51. The lowest BCUT2D eigenvalue weighted by Gasteiger charge is -2.06. The molecule has 5 nitrogen and oxygen atoms in total. The van der Waals surface area contributed by atoms with Gasteiger partial charge in [-0.25, -0.2) is 8.42 Å². The number of rotatable bonds is 8. The van der Waals surface area contributed by atoms with Crippen molar-refractivity contribution >= 4 is 49.4 Å². The standard InChI is InChI=1S/C13H22N2O3S3/c1-5-21(17,18)7-6-15-13-12(19-4)9(14)11(20-13)10(16)8(2)3/h8,15H,5-7,14H2,1-4H3. The first kappa shape index (κ1) is 18.3. The third-order valence-electron chi connectivity index (χ3n) is 2.99. The average molecular weight is 351 g/mol. The van der Waals surface area contributed by atoms with Crippen LogP contribution >= 0.6 is 23.1 Å². The predicted octanol–water partition coefficient (Wildman–Crippen LogP) is 2.74. The number of anilines is 2. The normalized spacial score (nSPS) is 11.9. The monoisotopic (exact) mass is 350 g/mol. The maximum absolute atomic E-state index is 12.1. The number of ketones is 1. The Kier molecular flexibility index (Phi) is 6.55. The van der Waals surface area contributed by atoms with E-state index in [4.69, 9.17) is 5.73 Å². The highest BCUT2D eigenvalue weighted by Crippen LogP contribution is 2.42. The highest BCUT2D eigenvalue weighted by atomic mass is 32.2. The molecule has 0 fully saturated rings. The zero-order valence-corrected chi connectivity index (χ0v) is 15.2. The second-order valence-electron chi connectivity index (χ2n) is 4.89. The summed E-state index contributed by atoms with van der Waals surface area (Å²) in [7, 11) is -3.01. The summed E-state index contributed by atoms with van der Waals surface area (Å²) < 4.78 is 23.0. The first-order chi connectivity index (χ1) is 9.73. The van der Waals surface area contributed by atoms with Gasteiger partial charge >= 0.3 is 0 Å². The molecular formula is C13H22N2O3S3. The van der Waals surface area contributed by atoms with Crippen molar-refractivity contribution in [1.29, 1.82) is 0 Å². The van der Waals surface area contributed by atoms with Crippen molar-refractivity contribution in [1.82, 2.24) is 0 Å². The molecule has 0 radical (unpaired) electrons. The van der Waals surface area contributed by atoms with E-state index in [0.29, 0.717) is 17.1 Å². The van der Waals surface area contributed by atoms with Gasteiger partial charge in [0.2, 0.25) is 0 Å². The number of nitrogen functional groups attached to an aromatic ring is 1. The summed E-state index contributed by atoms with van der Waals surface area (Å²) in [6.07, 6.45) is 1.88. The van der Waals surface area contributed by atoms with E-state index in [1.807, 2.05) is 20.1 Å². The number of hydrogen-bond acceptors (Lipinski definition) is 7. The third kappa shape index (κ3) is 4.62. The highest BCUT2D eigenvalue weighted by Gasteiger charge is 2.22. The van der Waals surface area contributed by atoms with Gasteiger partial charge in [0.1, 0.15) is 5.00 Å². The van der Waals surface area contributed by atoms with Gasteiger partial charge in [-0.05, 0) is 6.26 Å². The number of Topliss-reactive ketones (excluding diaryl/α,β-unsaturated/α-hetero) is 1. The van der Waals surface area contributed by atoms with E-state index in [2.05, 4.69) is 5.32 Å². The van der Waals surface area contributed by atoms with Crippen LogP contribution < -0.4 is 11.1 Å². The summed E-state index contributed by atoms with van der Waals surface area (Å²) in [5.41, 5.74) is 6.54. The van der Waals surface area contributed by atoms with Crippen molar-refractivity contribution in [2.45, 2.75) is 25.7 Å². The van der Waals surface area contributed by atoms with Gasteiger partial charge in [-0.1, -0.05) is 20.8 Å². The Hall–Kier alpha value is -0.730. The largest absolute Gasteiger partial charge is 0.396 e. The van der Waals surface area contributed by atoms with Gasteiger partial charge in [-0.3, -0.25) is 4.79 Å². The maximum atomic E-state index is 12.1. The molecule has 0 aliphatic carbocycles. The van der Waals surface area contributed by atoms with Crippen molar-refractivity contribution < 1.29 is 13.2 Å². The smallest absolute Gasteiger partial charge is 0.177 e. The first-order valence-corrected chi connectivity index (χ1v) is 10.5. The second-order valence-corrected chi connectivity index (χ2v) is 9.20. The van der Waals surface area contributed by atoms with Crippen LogP contribution in [-0.4, -0.2) is 38.5 Å². The number of hydrogen-bond donors (Lipinski definition) is 2. The topological polar surface area (TPSA) is 89.3 Å². The van der Waals surface area contributed by atoms with Crippen LogP contribution in [0.2, 0.25) is 0 Å². The molecule has 21 heavy (non-hydrogen) atoms. The number of carbonyl (C=O) groups excluding carboxylic acids is 1. The van der Waals surface area contributed by atoms with Crippen LogP contribution in [0.15, 0.2) is 4.90 Å². The van der Waals surface area contributed by atoms with Gasteiger partial charge in [-0.15, -0.1) is 23.1 Å². The number of nitrogens with two attached hydrogens (primary N) is 1. The molecule has 1 aromatic heterocycles. The fraction of sp³-hybridized carbons (Fsp3) is 0.615. The van der Waals surface area contributed by atoms with Crippen LogP contribution in [0.5, 0.6) is 0 Å². The third-order valence-corrected chi connectivity index (χ3v) is 6.84. The lowest BCUT2D eigenvalue weighted by Crippen LogP contribution is -2.16. The van der Waals surface area contributed by atoms with Crippen molar-refractivity contribution in [3.8, 4) is 0 Å². The molecule has 0 atom stereocenters. The fourth-order valence-corrected chi connectivity index (χ4v) is 4.51. The Bertz CT molecular complexity index is 606. The predicted molar refractivity (Wildman–Crippen MR) is 92.5 cm³/mol. The Morgan fingerprint density at radius 1 is 1.43 bits per heavy atom. The van der Waals surface area contributed by atoms with Crippen molar-refractivity contribution in [3.05, 3.63) is 4.88 Å². The highest BCUT2D eigenvalue weighted by molar-refractivity contribution is 7.99. The number of nitrogens with one attached hydrogen (secondary N) is 1. The van der Waals surface area contributed by atoms with Gasteiger partial charge in [0.25, 0.3) is 0 Å². The van der Waals surface area contributed by atoms with Crippen LogP contribution in [0.25, 0.3) is 0 Å². The molecule has 0 aromatic carbocycles. The molecule has 0 aliphatic rings. The molecule has 0 unspecified atom stereocenters. The fourth-order valence-electron chi connectivity index (χ4n) is 1.66. The maximum Gasteiger partial charge on any atom is 0.177 e. The lowest BCUT2D eigenvalue weighted by molar-refractivity contribution is 0.0944. The summed E-state index contributed by atoms with van der Waals surface area (Å²) in [4.78, 5) is 13.5. The molecule has 8 heteroatoms. The minimum absolute atomic E-state index is 0.0158. The van der Waals surface area contributed by atoms with Gasteiger partial charge in [0, 0.05) is 18.2 Å². The number of sulfone groups is 1. The number of carbonyl (C=O) groups is 1. The van der Waals surface area contributed by atoms with Gasteiger partial charge in [0.05, 0.1) is 21.2 Å². The van der Waals surface area contributed by atoms with Crippen LogP contribution in [0.1, 0.15) is 30.4 Å². The first-order valence-electron chi connectivity index (χ1n) is 6.68. The Morgan fingerprint density at radius 3 is 2.52 bits per heavy atom. The summed E-state index contributed by atoms with van der Waals surface area (Å²) in [5.74, 6) is 0.104. The molecule has 1 aromatic rings. The summed E-state index contributed by atoms with van der Waals surface area (Å²) in [5, 5.41) is 3.87. The molecule has 0 amide bonds. The van der Waals surface area contributed by atoms with E-state index in [1.54, 1.807) is 6.92 Å². The van der Waals surface area contributed by atoms with E-state index in [0.717, 1.165) is 9.90 Å². The van der Waals surface area contributed by atoms with Crippen LogP contribution in [0.3, 0.4) is 0 Å². The molecule has 1 heterocycles. The molecular weight excluding hydrogens is 328 g/mol. The van der Waals surface area contributed by atoms with E-state index in [-0.39, 0.29) is 23.2 Å². The Morgan fingerprint density at radius 2 is 2.05 bits per heavy atom. The van der Waals surface area contributed by atoms with Crippen molar-refractivity contribution in [3.63, 3.8) is 0 Å². The quantitative estimate of drug-likeness (QED) is 0.553. The average Bonchev–Trinajstić information content (AvgIpc) is 2.73. The van der Waals surface area contributed by atoms with Gasteiger partial charge in [0.15, 0.2) is 15.6 Å². The van der Waals surface area contributed by atoms with E-state index >= 15 is 0 Å². The Balaban J connectivity index is 2.93. The van der Waals surface area contributed by atoms with Crippen LogP contribution in [0.4, 0.5) is 10.7 Å².